The van der Waals surface area contributed by atoms with E-state index in [9.17, 15) is 9.90 Å². The van der Waals surface area contributed by atoms with E-state index < -0.39 is 5.63 Å². The molecule has 1 rings (SSSR count). The maximum Gasteiger partial charge on any atom is 0.339 e. The number of aromatic hydroxyl groups is 1. The Morgan fingerprint density at radius 2 is 2.19 bits per heavy atom. The third-order valence-corrected chi connectivity index (χ3v) is 2.36. The van der Waals surface area contributed by atoms with Crippen LogP contribution in [0.4, 0.5) is 0 Å². The number of allylic oxidation sites excluding steroid dienone is 1. The van der Waals surface area contributed by atoms with Gasteiger partial charge in [-0.1, -0.05) is 31.9 Å². The minimum atomic E-state index is -0.517. The summed E-state index contributed by atoms with van der Waals surface area (Å²) in [5.41, 5.74) is 0.513. The minimum absolute atomic E-state index is 0.0485. The molecule has 0 amide bonds. The number of hydrogen-bond acceptors (Lipinski definition) is 3. The van der Waals surface area contributed by atoms with Gasteiger partial charge in [-0.05, 0) is 12.8 Å². The van der Waals surface area contributed by atoms with Gasteiger partial charge in [0.25, 0.3) is 0 Å². The molecule has 0 bridgehead atoms. The predicted octanol–water partition coefficient (Wildman–Crippen LogP) is 3.02. The van der Waals surface area contributed by atoms with Crippen LogP contribution in [0.3, 0.4) is 0 Å². The summed E-state index contributed by atoms with van der Waals surface area (Å²) < 4.78 is 4.96. The lowest BCUT2D eigenvalue weighted by Crippen LogP contribution is -2.00. The van der Waals surface area contributed by atoms with Crippen LogP contribution in [-0.4, -0.2) is 5.11 Å². The summed E-state index contributed by atoms with van der Waals surface area (Å²) in [5.74, 6) is 0.430. The van der Waals surface area contributed by atoms with E-state index in [-0.39, 0.29) is 5.75 Å². The largest absolute Gasteiger partial charge is 0.508 e. The van der Waals surface area contributed by atoms with E-state index in [0.29, 0.717) is 12.2 Å². The van der Waals surface area contributed by atoms with Crippen LogP contribution >= 0.6 is 0 Å². The van der Waals surface area contributed by atoms with E-state index in [1.807, 2.05) is 0 Å². The molecule has 0 spiro atoms. The molecule has 0 aliphatic heterocycles. The zero-order valence-electron chi connectivity index (χ0n) is 9.66. The Bertz CT molecular complexity index is 404. The normalized spacial score (nSPS) is 10.3. The minimum Gasteiger partial charge on any atom is -0.508 e. The molecule has 0 fully saturated rings. The van der Waals surface area contributed by atoms with Crippen molar-refractivity contribution in [1.82, 2.24) is 0 Å². The van der Waals surface area contributed by atoms with Gasteiger partial charge >= 0.3 is 5.63 Å². The lowest BCUT2D eigenvalue weighted by molar-refractivity contribution is 0.427. The van der Waals surface area contributed by atoms with Gasteiger partial charge in [0.15, 0.2) is 0 Å². The highest BCUT2D eigenvalue weighted by Gasteiger charge is 2.03. The Labute approximate surface area is 95.4 Å². The highest BCUT2D eigenvalue weighted by Crippen LogP contribution is 2.15. The molecule has 3 nitrogen and oxygen atoms in total. The SMILES string of the molecule is C=C(CCCCC)Cc1cc(O)cc(=O)o1. The Kier molecular flexibility index (Phi) is 4.83. The molecule has 0 atom stereocenters. The Hall–Kier alpha value is -1.51. The van der Waals surface area contributed by atoms with Gasteiger partial charge in [0, 0.05) is 12.5 Å². The fourth-order valence-electron chi connectivity index (χ4n) is 1.56. The Balaban J connectivity index is 2.52. The second-order valence-electron chi connectivity index (χ2n) is 3.98. The zero-order chi connectivity index (χ0) is 12.0. The van der Waals surface area contributed by atoms with Crippen LogP contribution in [0.5, 0.6) is 5.75 Å². The molecule has 16 heavy (non-hydrogen) atoms. The molecule has 3 heteroatoms. The lowest BCUT2D eigenvalue weighted by atomic mass is 10.0. The van der Waals surface area contributed by atoms with Crippen LogP contribution < -0.4 is 5.63 Å². The molecule has 1 aromatic rings. The molecule has 88 valence electrons. The lowest BCUT2D eigenvalue weighted by Gasteiger charge is -2.04. The molecule has 1 aromatic heterocycles. The highest BCUT2D eigenvalue weighted by molar-refractivity contribution is 5.21. The van der Waals surface area contributed by atoms with Crippen molar-refractivity contribution < 1.29 is 9.52 Å². The van der Waals surface area contributed by atoms with Gasteiger partial charge in [-0.2, -0.15) is 0 Å². The maximum atomic E-state index is 11.0. The van der Waals surface area contributed by atoms with Crippen molar-refractivity contribution in [3.63, 3.8) is 0 Å². The van der Waals surface area contributed by atoms with Crippen molar-refractivity contribution in [2.45, 2.75) is 39.0 Å². The standard InChI is InChI=1S/C13H18O3/c1-3-4-5-6-10(2)7-12-8-11(14)9-13(15)16-12/h8-9,14H,2-7H2,1H3. The van der Waals surface area contributed by atoms with E-state index in [2.05, 4.69) is 13.5 Å². The summed E-state index contributed by atoms with van der Waals surface area (Å²) in [5, 5.41) is 9.23. The topological polar surface area (TPSA) is 50.4 Å². The van der Waals surface area contributed by atoms with Gasteiger partial charge in [0.1, 0.15) is 11.5 Å². The fraction of sp³-hybridized carbons (Fsp3) is 0.462. The van der Waals surface area contributed by atoms with Crippen molar-refractivity contribution in [3.05, 3.63) is 40.5 Å². The van der Waals surface area contributed by atoms with Crippen molar-refractivity contribution in [3.8, 4) is 5.75 Å². The summed E-state index contributed by atoms with van der Waals surface area (Å²) in [6.45, 7) is 6.09. The monoisotopic (exact) mass is 222 g/mol. The molecule has 0 unspecified atom stereocenters. The van der Waals surface area contributed by atoms with Gasteiger partial charge in [0.05, 0.1) is 6.07 Å². The summed E-state index contributed by atoms with van der Waals surface area (Å²) in [6.07, 6.45) is 4.93. The third-order valence-electron chi connectivity index (χ3n) is 2.36. The summed E-state index contributed by atoms with van der Waals surface area (Å²) in [4.78, 5) is 11.0. The molecule has 0 saturated carbocycles. The average Bonchev–Trinajstić information content (AvgIpc) is 2.16. The van der Waals surface area contributed by atoms with Crippen LogP contribution in [0.2, 0.25) is 0 Å². The smallest absolute Gasteiger partial charge is 0.339 e. The molecule has 0 aliphatic rings. The molecular weight excluding hydrogens is 204 g/mol. The molecule has 0 aromatic carbocycles. The second-order valence-corrected chi connectivity index (χ2v) is 3.98. The Morgan fingerprint density at radius 1 is 1.44 bits per heavy atom. The van der Waals surface area contributed by atoms with Gasteiger partial charge in [-0.15, -0.1) is 0 Å². The van der Waals surface area contributed by atoms with Crippen LogP contribution in [0.25, 0.3) is 0 Å². The summed E-state index contributed by atoms with van der Waals surface area (Å²) in [7, 11) is 0. The number of unbranched alkanes of at least 4 members (excludes halogenated alkanes) is 2. The maximum absolute atomic E-state index is 11.0. The van der Waals surface area contributed by atoms with Gasteiger partial charge in [-0.3, -0.25) is 0 Å². The highest BCUT2D eigenvalue weighted by atomic mass is 16.4. The first-order chi connectivity index (χ1) is 7.61. The van der Waals surface area contributed by atoms with Crippen molar-refractivity contribution in [2.24, 2.45) is 0 Å². The van der Waals surface area contributed by atoms with Crippen LogP contribution in [-0.2, 0) is 6.42 Å². The molecule has 1 heterocycles. The second kappa shape index (κ2) is 6.16. The van der Waals surface area contributed by atoms with E-state index in [1.54, 1.807) is 0 Å². The van der Waals surface area contributed by atoms with Gasteiger partial charge < -0.3 is 9.52 Å². The first-order valence-corrected chi connectivity index (χ1v) is 5.61. The third kappa shape index (κ3) is 4.34. The zero-order valence-corrected chi connectivity index (χ0v) is 9.66. The molecule has 0 radical (unpaired) electrons. The predicted molar refractivity (Wildman–Crippen MR) is 63.6 cm³/mol. The quantitative estimate of drug-likeness (QED) is 0.594. The van der Waals surface area contributed by atoms with Gasteiger partial charge in [0.2, 0.25) is 0 Å². The van der Waals surface area contributed by atoms with Gasteiger partial charge in [-0.25, -0.2) is 4.79 Å². The van der Waals surface area contributed by atoms with Crippen LogP contribution in [0.1, 0.15) is 38.4 Å². The van der Waals surface area contributed by atoms with Crippen molar-refractivity contribution in [2.75, 3.05) is 0 Å². The van der Waals surface area contributed by atoms with E-state index in [4.69, 9.17) is 4.42 Å². The van der Waals surface area contributed by atoms with Crippen molar-refractivity contribution in [1.29, 1.82) is 0 Å². The Morgan fingerprint density at radius 3 is 2.81 bits per heavy atom. The fourth-order valence-corrected chi connectivity index (χ4v) is 1.56. The first kappa shape index (κ1) is 12.6. The number of rotatable bonds is 6. The van der Waals surface area contributed by atoms with Crippen LogP contribution in [0.15, 0.2) is 33.5 Å². The molecule has 1 N–H and O–H groups in total. The van der Waals surface area contributed by atoms with E-state index in [0.717, 1.165) is 24.5 Å². The van der Waals surface area contributed by atoms with E-state index >= 15 is 0 Å². The molecule has 0 aliphatic carbocycles. The summed E-state index contributed by atoms with van der Waals surface area (Å²) >= 11 is 0. The first-order valence-electron chi connectivity index (χ1n) is 5.61. The molecule has 0 saturated heterocycles. The summed E-state index contributed by atoms with van der Waals surface area (Å²) in [6, 6.07) is 2.52. The van der Waals surface area contributed by atoms with Crippen molar-refractivity contribution >= 4 is 0 Å². The van der Waals surface area contributed by atoms with E-state index in [1.165, 1.54) is 18.9 Å². The van der Waals surface area contributed by atoms with Crippen LogP contribution in [0, 0.1) is 0 Å². The molecular formula is C13H18O3. The number of hydrogen-bond donors (Lipinski definition) is 1. The average molecular weight is 222 g/mol.